The van der Waals surface area contributed by atoms with Crippen molar-refractivity contribution in [3.63, 3.8) is 0 Å². The van der Waals surface area contributed by atoms with Gasteiger partial charge in [-0.25, -0.2) is 4.79 Å². The first-order valence-electron chi connectivity index (χ1n) is 7.96. The molecule has 0 aromatic heterocycles. The average Bonchev–Trinajstić information content (AvgIpc) is 2.61. The Balaban J connectivity index is 2.01. The van der Waals surface area contributed by atoms with Gasteiger partial charge in [0.2, 0.25) is 5.91 Å². The predicted molar refractivity (Wildman–Crippen MR) is 98.7 cm³/mol. The van der Waals surface area contributed by atoms with Crippen molar-refractivity contribution in [1.29, 1.82) is 0 Å². The summed E-state index contributed by atoms with van der Waals surface area (Å²) in [5, 5.41) is 5.48. The van der Waals surface area contributed by atoms with Gasteiger partial charge in [0, 0.05) is 11.4 Å². The van der Waals surface area contributed by atoms with E-state index in [0.717, 1.165) is 5.56 Å². The Morgan fingerprint density at radius 2 is 1.52 bits per heavy atom. The van der Waals surface area contributed by atoms with Gasteiger partial charge in [0.25, 0.3) is 0 Å². The van der Waals surface area contributed by atoms with Crippen LogP contribution in [0.4, 0.5) is 16.2 Å². The SMILES string of the molecule is COC(=O)Nc1ccc(NC(=O)[C@H](Cc2ccccc2)N(C)C)cc1. The summed E-state index contributed by atoms with van der Waals surface area (Å²) in [4.78, 5) is 25.7. The smallest absolute Gasteiger partial charge is 0.411 e. The van der Waals surface area contributed by atoms with Crippen molar-refractivity contribution < 1.29 is 14.3 Å². The maximum absolute atomic E-state index is 12.6. The Morgan fingerprint density at radius 1 is 0.960 bits per heavy atom. The molecule has 6 heteroatoms. The molecule has 2 rings (SSSR count). The lowest BCUT2D eigenvalue weighted by Gasteiger charge is -2.23. The number of benzene rings is 2. The second-order valence-electron chi connectivity index (χ2n) is 5.85. The fourth-order valence-corrected chi connectivity index (χ4v) is 2.38. The normalized spacial score (nSPS) is 11.7. The Labute approximate surface area is 147 Å². The summed E-state index contributed by atoms with van der Waals surface area (Å²) >= 11 is 0. The van der Waals surface area contributed by atoms with Crippen LogP contribution >= 0.6 is 0 Å². The van der Waals surface area contributed by atoms with E-state index in [9.17, 15) is 9.59 Å². The minimum atomic E-state index is -0.535. The number of rotatable bonds is 6. The molecule has 25 heavy (non-hydrogen) atoms. The van der Waals surface area contributed by atoms with E-state index in [1.807, 2.05) is 49.3 Å². The number of hydrogen-bond acceptors (Lipinski definition) is 4. The second kappa shape index (κ2) is 8.84. The zero-order valence-corrected chi connectivity index (χ0v) is 14.7. The lowest BCUT2D eigenvalue weighted by atomic mass is 10.0. The molecule has 0 saturated carbocycles. The first-order chi connectivity index (χ1) is 12.0. The van der Waals surface area contributed by atoms with Gasteiger partial charge < -0.3 is 10.1 Å². The summed E-state index contributed by atoms with van der Waals surface area (Å²) in [7, 11) is 5.07. The molecule has 0 aliphatic rings. The Morgan fingerprint density at radius 3 is 2.04 bits per heavy atom. The molecule has 0 aliphatic heterocycles. The molecule has 0 spiro atoms. The second-order valence-corrected chi connectivity index (χ2v) is 5.85. The van der Waals surface area contributed by atoms with Gasteiger partial charge in [-0.1, -0.05) is 30.3 Å². The molecule has 0 radical (unpaired) electrons. The van der Waals surface area contributed by atoms with Crippen molar-refractivity contribution in [2.45, 2.75) is 12.5 Å². The number of hydrogen-bond donors (Lipinski definition) is 2. The topological polar surface area (TPSA) is 70.7 Å². The molecule has 0 unspecified atom stereocenters. The van der Waals surface area contributed by atoms with Crippen LogP contribution in [0.25, 0.3) is 0 Å². The van der Waals surface area contributed by atoms with Gasteiger partial charge >= 0.3 is 6.09 Å². The first kappa shape index (κ1) is 18.5. The number of nitrogens with zero attached hydrogens (tertiary/aromatic N) is 1. The van der Waals surface area contributed by atoms with E-state index in [1.165, 1.54) is 7.11 Å². The number of likely N-dealkylation sites (N-methyl/N-ethyl adjacent to an activating group) is 1. The third-order valence-corrected chi connectivity index (χ3v) is 3.78. The first-order valence-corrected chi connectivity index (χ1v) is 7.96. The Bertz CT molecular complexity index is 700. The maximum Gasteiger partial charge on any atom is 0.411 e. The zero-order valence-electron chi connectivity index (χ0n) is 14.7. The number of amides is 2. The molecule has 0 saturated heterocycles. The van der Waals surface area contributed by atoms with E-state index in [2.05, 4.69) is 15.4 Å². The van der Waals surface area contributed by atoms with Gasteiger partial charge in [0.15, 0.2) is 0 Å². The highest BCUT2D eigenvalue weighted by atomic mass is 16.5. The molecular formula is C19H23N3O3. The summed E-state index contributed by atoms with van der Waals surface area (Å²) in [6.07, 6.45) is 0.0917. The Kier molecular flexibility index (Phi) is 6.54. The van der Waals surface area contributed by atoms with Crippen LogP contribution in [-0.4, -0.2) is 44.1 Å². The van der Waals surface area contributed by atoms with Gasteiger partial charge in [0.05, 0.1) is 13.2 Å². The van der Waals surface area contributed by atoms with Crippen LogP contribution in [0.3, 0.4) is 0 Å². The molecule has 0 bridgehead atoms. The predicted octanol–water partition coefficient (Wildman–Crippen LogP) is 2.98. The average molecular weight is 341 g/mol. The zero-order chi connectivity index (χ0) is 18.2. The van der Waals surface area contributed by atoms with Crippen molar-refractivity contribution in [3.05, 3.63) is 60.2 Å². The number of nitrogens with one attached hydrogen (secondary N) is 2. The van der Waals surface area contributed by atoms with Gasteiger partial charge in [-0.2, -0.15) is 0 Å². The van der Waals surface area contributed by atoms with Crippen LogP contribution in [0.1, 0.15) is 5.56 Å². The van der Waals surface area contributed by atoms with Gasteiger partial charge in [-0.3, -0.25) is 15.0 Å². The third kappa shape index (κ3) is 5.61. The fraction of sp³-hybridized carbons (Fsp3) is 0.263. The minimum Gasteiger partial charge on any atom is -0.453 e. The monoisotopic (exact) mass is 341 g/mol. The number of carbonyl (C=O) groups is 2. The molecule has 6 nitrogen and oxygen atoms in total. The summed E-state index contributed by atoms with van der Waals surface area (Å²) in [6.45, 7) is 0. The van der Waals surface area contributed by atoms with Crippen LogP contribution in [0.15, 0.2) is 54.6 Å². The number of anilines is 2. The van der Waals surface area contributed by atoms with Crippen molar-refractivity contribution >= 4 is 23.4 Å². The molecule has 0 fully saturated rings. The third-order valence-electron chi connectivity index (χ3n) is 3.78. The van der Waals surface area contributed by atoms with E-state index < -0.39 is 6.09 Å². The van der Waals surface area contributed by atoms with Crippen molar-refractivity contribution in [1.82, 2.24) is 4.90 Å². The summed E-state index contributed by atoms with van der Waals surface area (Å²) in [6, 6.07) is 16.5. The van der Waals surface area contributed by atoms with Crippen LogP contribution in [0.5, 0.6) is 0 Å². The largest absolute Gasteiger partial charge is 0.453 e. The Hall–Kier alpha value is -2.86. The molecule has 1 atom stereocenters. The van der Waals surface area contributed by atoms with Gasteiger partial charge in [-0.15, -0.1) is 0 Å². The molecule has 0 heterocycles. The van der Waals surface area contributed by atoms with E-state index >= 15 is 0 Å². The molecule has 2 amide bonds. The highest BCUT2D eigenvalue weighted by molar-refractivity contribution is 5.95. The van der Waals surface area contributed by atoms with Crippen molar-refractivity contribution in [3.8, 4) is 0 Å². The molecule has 2 aromatic carbocycles. The van der Waals surface area contributed by atoms with E-state index in [4.69, 9.17) is 0 Å². The lowest BCUT2D eigenvalue weighted by Crippen LogP contribution is -2.41. The summed E-state index contributed by atoms with van der Waals surface area (Å²) in [5.41, 5.74) is 2.37. The minimum absolute atomic E-state index is 0.0810. The fourth-order valence-electron chi connectivity index (χ4n) is 2.38. The molecular weight excluding hydrogens is 318 g/mol. The van der Waals surface area contributed by atoms with Crippen LogP contribution < -0.4 is 10.6 Å². The van der Waals surface area contributed by atoms with E-state index in [1.54, 1.807) is 24.3 Å². The van der Waals surface area contributed by atoms with E-state index in [-0.39, 0.29) is 11.9 Å². The van der Waals surface area contributed by atoms with Crippen LogP contribution in [0, 0.1) is 0 Å². The highest BCUT2D eigenvalue weighted by Gasteiger charge is 2.21. The van der Waals surface area contributed by atoms with Crippen molar-refractivity contribution in [2.24, 2.45) is 0 Å². The summed E-state index contributed by atoms with van der Waals surface area (Å²) in [5.74, 6) is -0.0810. The van der Waals surface area contributed by atoms with Crippen LogP contribution in [0.2, 0.25) is 0 Å². The number of methoxy groups -OCH3 is 1. The highest BCUT2D eigenvalue weighted by Crippen LogP contribution is 2.15. The van der Waals surface area contributed by atoms with Crippen molar-refractivity contribution in [2.75, 3.05) is 31.8 Å². The standard InChI is InChI=1S/C19H23N3O3/c1-22(2)17(13-14-7-5-4-6-8-14)18(23)20-15-9-11-16(12-10-15)21-19(24)25-3/h4-12,17H,13H2,1-3H3,(H,20,23)(H,21,24)/t17-/m0/s1. The molecule has 2 N–H and O–H groups in total. The molecule has 0 aliphatic carbocycles. The lowest BCUT2D eigenvalue weighted by molar-refractivity contribution is -0.120. The quantitative estimate of drug-likeness (QED) is 0.847. The molecule has 132 valence electrons. The van der Waals surface area contributed by atoms with Gasteiger partial charge in [-0.05, 0) is 50.3 Å². The van der Waals surface area contributed by atoms with Crippen LogP contribution in [-0.2, 0) is 16.0 Å². The maximum atomic E-state index is 12.6. The number of ether oxygens (including phenoxy) is 1. The molecule has 2 aromatic rings. The van der Waals surface area contributed by atoms with Gasteiger partial charge in [0.1, 0.15) is 0 Å². The van der Waals surface area contributed by atoms with E-state index in [0.29, 0.717) is 17.8 Å². The number of carbonyl (C=O) groups excluding carboxylic acids is 2. The summed E-state index contributed by atoms with van der Waals surface area (Å²) < 4.78 is 4.54.